The summed E-state index contributed by atoms with van der Waals surface area (Å²) in [5, 5.41) is 58.2. The molecule has 0 aromatic carbocycles. The van der Waals surface area contributed by atoms with E-state index in [0.29, 0.717) is 6.42 Å². The van der Waals surface area contributed by atoms with Crippen LogP contribution in [0.1, 0.15) is 71.6 Å². The molecule has 2 rings (SSSR count). The van der Waals surface area contributed by atoms with Gasteiger partial charge in [0.15, 0.2) is 6.29 Å². The first kappa shape index (κ1) is 29.3. The summed E-state index contributed by atoms with van der Waals surface area (Å²) in [6.07, 6.45) is -3.29. The maximum atomic E-state index is 12.0. The van der Waals surface area contributed by atoms with Gasteiger partial charge in [0.1, 0.15) is 30.5 Å². The van der Waals surface area contributed by atoms with Crippen molar-refractivity contribution in [2.45, 2.75) is 133 Å². The molecular weight excluding hydrogens is 452 g/mol. The predicted molar refractivity (Wildman–Crippen MR) is 118 cm³/mol. The highest BCUT2D eigenvalue weighted by atomic mass is 16.7. The van der Waals surface area contributed by atoms with E-state index in [4.69, 9.17) is 24.1 Å². The van der Waals surface area contributed by atoms with E-state index in [0.717, 1.165) is 38.5 Å². The number of carbonyl (C=O) groups excluding carboxylic acids is 1. The molecule has 0 radical (unpaired) electrons. The number of hydrogen-bond acceptors (Lipinski definition) is 11. The van der Waals surface area contributed by atoms with Crippen LogP contribution >= 0.6 is 0 Å². The number of rotatable bonds is 13. The number of aliphatic hydroxyl groups is 6. The number of carbonyl (C=O) groups is 1. The number of esters is 1. The first-order chi connectivity index (χ1) is 16.1. The highest BCUT2D eigenvalue weighted by Crippen LogP contribution is 2.24. The van der Waals surface area contributed by atoms with Gasteiger partial charge in [-0.3, -0.25) is 4.79 Å². The fourth-order valence-corrected chi connectivity index (χ4v) is 4.12. The van der Waals surface area contributed by atoms with Gasteiger partial charge in [0.2, 0.25) is 6.29 Å². The van der Waals surface area contributed by atoms with E-state index < -0.39 is 61.8 Å². The molecular formula is C23H42O11. The molecule has 0 bridgehead atoms. The van der Waals surface area contributed by atoms with Gasteiger partial charge in [-0.25, -0.2) is 0 Å². The van der Waals surface area contributed by atoms with Gasteiger partial charge >= 0.3 is 5.97 Å². The summed E-state index contributed by atoms with van der Waals surface area (Å²) in [5.74, 6) is -0.579. The molecule has 0 aliphatic carbocycles. The average Bonchev–Trinajstić information content (AvgIpc) is 2.79. The monoisotopic (exact) mass is 494 g/mol. The minimum atomic E-state index is -1.59. The van der Waals surface area contributed by atoms with Crippen LogP contribution in [0.3, 0.4) is 0 Å². The largest absolute Gasteiger partial charge is 0.433 e. The molecule has 2 heterocycles. The molecule has 11 heteroatoms. The Balaban J connectivity index is 1.50. The highest BCUT2D eigenvalue weighted by Gasteiger charge is 2.45. The molecule has 0 saturated carbocycles. The van der Waals surface area contributed by atoms with E-state index in [-0.39, 0.29) is 25.0 Å². The number of ether oxygens (including phenoxy) is 4. The van der Waals surface area contributed by atoms with E-state index in [2.05, 4.69) is 0 Å². The molecule has 10 unspecified atom stereocenters. The summed E-state index contributed by atoms with van der Waals surface area (Å²) in [7, 11) is 0. The van der Waals surface area contributed by atoms with Crippen molar-refractivity contribution in [1.29, 1.82) is 0 Å². The van der Waals surface area contributed by atoms with Crippen molar-refractivity contribution in [2.75, 3.05) is 6.61 Å². The number of hydrogen-bond donors (Lipinski definition) is 6. The zero-order chi connectivity index (χ0) is 25.3. The Morgan fingerprint density at radius 3 is 2.21 bits per heavy atom. The smallest absolute Gasteiger partial charge is 0.308 e. The Morgan fingerprint density at radius 1 is 0.882 bits per heavy atom. The molecule has 200 valence electrons. The fraction of sp³-hybridized carbons (Fsp3) is 0.957. The van der Waals surface area contributed by atoms with Gasteiger partial charge in [0.05, 0.1) is 24.9 Å². The summed E-state index contributed by atoms with van der Waals surface area (Å²) in [6, 6.07) is 0. The SMILES string of the molecule is CC(CCCCCCCCC(=O)OC1OC(CO)C(O)C(O)C1O)OC1OC(C)C(O)CC1O. The molecule has 34 heavy (non-hydrogen) atoms. The van der Waals surface area contributed by atoms with Gasteiger partial charge in [0, 0.05) is 12.8 Å². The third-order valence-corrected chi connectivity index (χ3v) is 6.39. The summed E-state index contributed by atoms with van der Waals surface area (Å²) in [6.45, 7) is 3.11. The zero-order valence-electron chi connectivity index (χ0n) is 20.1. The van der Waals surface area contributed by atoms with Crippen LogP contribution < -0.4 is 0 Å². The minimum absolute atomic E-state index is 0.0701. The molecule has 0 aromatic heterocycles. The van der Waals surface area contributed by atoms with Crippen molar-refractivity contribution in [3.63, 3.8) is 0 Å². The zero-order valence-corrected chi connectivity index (χ0v) is 20.1. The summed E-state index contributed by atoms with van der Waals surface area (Å²) >= 11 is 0. The van der Waals surface area contributed by atoms with Gasteiger partial charge in [-0.05, 0) is 26.7 Å². The van der Waals surface area contributed by atoms with Crippen molar-refractivity contribution >= 4 is 5.97 Å². The second kappa shape index (κ2) is 14.6. The van der Waals surface area contributed by atoms with Crippen LogP contribution in [0.15, 0.2) is 0 Å². The standard InChI is InChI=1S/C23H42O11/c1-13(31-22-16(26)11-15(25)14(2)32-22)9-7-5-3-4-6-8-10-18(27)34-23-21(30)20(29)19(28)17(12-24)33-23/h13-17,19-26,28-30H,3-12H2,1-2H3. The Morgan fingerprint density at radius 2 is 1.53 bits per heavy atom. The lowest BCUT2D eigenvalue weighted by molar-refractivity contribution is -0.292. The number of aliphatic hydroxyl groups excluding tert-OH is 6. The lowest BCUT2D eigenvalue weighted by Crippen LogP contribution is -2.59. The van der Waals surface area contributed by atoms with E-state index in [1.54, 1.807) is 6.92 Å². The quantitative estimate of drug-likeness (QED) is 0.147. The van der Waals surface area contributed by atoms with E-state index in [1.165, 1.54) is 0 Å². The van der Waals surface area contributed by atoms with Gasteiger partial charge in [-0.2, -0.15) is 0 Å². The number of unbranched alkanes of at least 4 members (excludes halogenated alkanes) is 5. The highest BCUT2D eigenvalue weighted by molar-refractivity contribution is 5.69. The van der Waals surface area contributed by atoms with Crippen molar-refractivity contribution < 1.29 is 54.4 Å². The van der Waals surface area contributed by atoms with Crippen molar-refractivity contribution in [1.82, 2.24) is 0 Å². The predicted octanol–water partition coefficient (Wildman–Crippen LogP) is -0.288. The third-order valence-electron chi connectivity index (χ3n) is 6.39. The third kappa shape index (κ3) is 8.96. The van der Waals surface area contributed by atoms with Gasteiger partial charge in [-0.1, -0.05) is 32.1 Å². The molecule has 2 aliphatic heterocycles. The Labute approximate surface area is 200 Å². The normalized spacial score (nSPS) is 37.4. The molecule has 2 aliphatic rings. The Bertz CT molecular complexity index is 589. The lowest BCUT2D eigenvalue weighted by atomic mass is 9.99. The topological polar surface area (TPSA) is 175 Å². The second-order valence-corrected chi connectivity index (χ2v) is 9.37. The van der Waals surface area contributed by atoms with Crippen LogP contribution in [0.4, 0.5) is 0 Å². The molecule has 0 aromatic rings. The first-order valence-electron chi connectivity index (χ1n) is 12.3. The molecule has 0 spiro atoms. The van der Waals surface area contributed by atoms with Crippen LogP contribution in [0, 0.1) is 0 Å². The summed E-state index contributed by atoms with van der Waals surface area (Å²) < 4.78 is 21.5. The maximum absolute atomic E-state index is 12.0. The van der Waals surface area contributed by atoms with E-state index in [1.807, 2.05) is 6.92 Å². The maximum Gasteiger partial charge on any atom is 0.308 e. The molecule has 6 N–H and O–H groups in total. The van der Waals surface area contributed by atoms with Gasteiger partial charge in [0.25, 0.3) is 0 Å². The van der Waals surface area contributed by atoms with E-state index >= 15 is 0 Å². The van der Waals surface area contributed by atoms with Crippen LogP contribution in [-0.4, -0.2) is 105 Å². The van der Waals surface area contributed by atoms with Crippen LogP contribution in [0.2, 0.25) is 0 Å². The summed E-state index contributed by atoms with van der Waals surface area (Å²) in [5.41, 5.74) is 0. The van der Waals surface area contributed by atoms with Crippen molar-refractivity contribution in [3.05, 3.63) is 0 Å². The van der Waals surface area contributed by atoms with Crippen LogP contribution in [-0.2, 0) is 23.7 Å². The molecule has 10 atom stereocenters. The average molecular weight is 495 g/mol. The van der Waals surface area contributed by atoms with Gasteiger partial charge in [-0.15, -0.1) is 0 Å². The van der Waals surface area contributed by atoms with Crippen molar-refractivity contribution in [2.24, 2.45) is 0 Å². The lowest BCUT2D eigenvalue weighted by Gasteiger charge is -2.39. The van der Waals surface area contributed by atoms with Crippen LogP contribution in [0.25, 0.3) is 0 Å². The minimum Gasteiger partial charge on any atom is -0.433 e. The molecule has 11 nitrogen and oxygen atoms in total. The molecule has 2 fully saturated rings. The molecule has 0 amide bonds. The Hall–Kier alpha value is -0.890. The fourth-order valence-electron chi connectivity index (χ4n) is 4.12. The summed E-state index contributed by atoms with van der Waals surface area (Å²) in [4.78, 5) is 12.0. The van der Waals surface area contributed by atoms with E-state index in [9.17, 15) is 30.3 Å². The van der Waals surface area contributed by atoms with Gasteiger partial charge < -0.3 is 49.6 Å². The first-order valence-corrected chi connectivity index (χ1v) is 12.3. The van der Waals surface area contributed by atoms with Crippen LogP contribution in [0.5, 0.6) is 0 Å². The molecule has 2 saturated heterocycles. The second-order valence-electron chi connectivity index (χ2n) is 9.37. The Kier molecular flexibility index (Phi) is 12.6. The van der Waals surface area contributed by atoms with Crippen molar-refractivity contribution in [3.8, 4) is 0 Å².